The Balaban J connectivity index is 1.54. The van der Waals surface area contributed by atoms with Crippen LogP contribution in [0.1, 0.15) is 33.9 Å². The topological polar surface area (TPSA) is 86.3 Å². The van der Waals surface area contributed by atoms with Crippen LogP contribution in [-0.2, 0) is 18.9 Å². The molecule has 14 heteroatoms. The van der Waals surface area contributed by atoms with E-state index in [9.17, 15) is 31.1 Å². The van der Waals surface area contributed by atoms with Gasteiger partial charge in [0.05, 0.1) is 19.0 Å². The fourth-order valence-electron chi connectivity index (χ4n) is 3.64. The molecule has 0 saturated heterocycles. The monoisotopic (exact) mass is 526 g/mol. The van der Waals surface area contributed by atoms with Crippen molar-refractivity contribution in [1.82, 2.24) is 29.7 Å². The number of carbonyl (C=O) groups is 1. The van der Waals surface area contributed by atoms with Crippen LogP contribution in [0, 0.1) is 6.92 Å². The molecular weight excluding hydrogens is 506 g/mol. The number of alkyl halides is 6. The number of carbonyl (C=O) groups excluding carboxylic acids is 1. The van der Waals surface area contributed by atoms with Gasteiger partial charge in [-0.25, -0.2) is 9.50 Å². The van der Waals surface area contributed by atoms with Crippen molar-refractivity contribution in [3.05, 3.63) is 65.2 Å². The summed E-state index contributed by atoms with van der Waals surface area (Å²) in [6, 6.07) is 7.97. The van der Waals surface area contributed by atoms with Gasteiger partial charge in [-0.15, -0.1) is 0 Å². The van der Waals surface area contributed by atoms with Crippen molar-refractivity contribution >= 4 is 11.6 Å². The normalized spacial score (nSPS) is 12.2. The molecule has 0 aliphatic heterocycles. The highest BCUT2D eigenvalue weighted by Gasteiger charge is 2.36. The fourth-order valence-corrected chi connectivity index (χ4v) is 3.64. The number of amides is 1. The first-order valence-electron chi connectivity index (χ1n) is 10.9. The van der Waals surface area contributed by atoms with Crippen molar-refractivity contribution in [2.75, 3.05) is 13.7 Å². The lowest BCUT2D eigenvalue weighted by Gasteiger charge is -2.12. The summed E-state index contributed by atoms with van der Waals surface area (Å²) < 4.78 is 86.5. The van der Waals surface area contributed by atoms with Crippen molar-refractivity contribution in [3.63, 3.8) is 0 Å². The van der Waals surface area contributed by atoms with Crippen LogP contribution < -0.4 is 10.1 Å². The molecule has 196 valence electrons. The molecule has 1 aromatic carbocycles. The Morgan fingerprint density at radius 1 is 1.05 bits per heavy atom. The summed E-state index contributed by atoms with van der Waals surface area (Å²) in [6.07, 6.45) is -8.14. The van der Waals surface area contributed by atoms with Crippen LogP contribution in [-0.4, -0.2) is 43.9 Å². The van der Waals surface area contributed by atoms with Crippen molar-refractivity contribution in [3.8, 4) is 17.0 Å². The van der Waals surface area contributed by atoms with Gasteiger partial charge in [0.1, 0.15) is 11.3 Å². The molecular formula is C23H20F6N6O2. The van der Waals surface area contributed by atoms with Crippen molar-refractivity contribution in [2.45, 2.75) is 32.2 Å². The van der Waals surface area contributed by atoms with Crippen molar-refractivity contribution in [1.29, 1.82) is 0 Å². The average molecular weight is 526 g/mol. The summed E-state index contributed by atoms with van der Waals surface area (Å²) in [5.74, 6) is -0.221. The molecule has 0 spiro atoms. The van der Waals surface area contributed by atoms with Gasteiger partial charge in [-0.3, -0.25) is 9.48 Å². The molecule has 1 amide bonds. The van der Waals surface area contributed by atoms with E-state index in [-0.39, 0.29) is 36.4 Å². The van der Waals surface area contributed by atoms with Gasteiger partial charge < -0.3 is 10.1 Å². The van der Waals surface area contributed by atoms with Gasteiger partial charge in [0.15, 0.2) is 17.0 Å². The second kappa shape index (κ2) is 9.75. The second-order valence-electron chi connectivity index (χ2n) is 8.05. The number of methoxy groups -OCH3 is 1. The highest BCUT2D eigenvalue weighted by Crippen LogP contribution is 2.33. The fraction of sp³-hybridized carbons (Fsp3) is 0.304. The Kier molecular flexibility index (Phi) is 6.84. The molecule has 4 aromatic rings. The van der Waals surface area contributed by atoms with Crippen LogP contribution in [0.3, 0.4) is 0 Å². The standard InChI is InChI=1S/C23H20F6N6O2/c1-13-10-18(22(24,25)26)33-34(13)9-3-8-30-21(36)16-12-31-35-19(23(27,28)29)11-17(32-20(16)35)14-4-6-15(37-2)7-5-14/h4-7,10-12H,3,8-9H2,1-2H3,(H,30,36). The van der Waals surface area contributed by atoms with E-state index in [0.717, 1.165) is 18.3 Å². The number of halogens is 6. The van der Waals surface area contributed by atoms with E-state index in [1.54, 1.807) is 12.1 Å². The van der Waals surface area contributed by atoms with E-state index in [1.165, 1.54) is 30.8 Å². The Hall–Kier alpha value is -4.10. The number of fused-ring (bicyclic) bond motifs is 1. The van der Waals surface area contributed by atoms with Crippen LogP contribution >= 0.6 is 0 Å². The number of aromatic nitrogens is 5. The highest BCUT2D eigenvalue weighted by atomic mass is 19.4. The minimum atomic E-state index is -4.78. The molecule has 0 fully saturated rings. The first-order valence-corrected chi connectivity index (χ1v) is 10.9. The maximum atomic E-state index is 13.8. The number of rotatable bonds is 7. The van der Waals surface area contributed by atoms with E-state index in [4.69, 9.17) is 4.74 Å². The van der Waals surface area contributed by atoms with Crippen LogP contribution in [0.4, 0.5) is 26.3 Å². The maximum absolute atomic E-state index is 13.8. The zero-order chi connectivity index (χ0) is 27.0. The molecule has 0 radical (unpaired) electrons. The summed E-state index contributed by atoms with van der Waals surface area (Å²) in [6.45, 7) is 1.60. The zero-order valence-corrected chi connectivity index (χ0v) is 19.5. The van der Waals surface area contributed by atoms with Crippen LogP contribution in [0.15, 0.2) is 42.6 Å². The number of aryl methyl sites for hydroxylation is 2. The van der Waals surface area contributed by atoms with Gasteiger partial charge in [0.2, 0.25) is 0 Å². The summed E-state index contributed by atoms with van der Waals surface area (Å²) in [5, 5.41) is 9.77. The molecule has 1 N–H and O–H groups in total. The molecule has 0 aliphatic carbocycles. The lowest BCUT2D eigenvalue weighted by Crippen LogP contribution is -2.25. The third kappa shape index (κ3) is 5.52. The molecule has 37 heavy (non-hydrogen) atoms. The molecule has 0 unspecified atom stereocenters. The number of hydrogen-bond acceptors (Lipinski definition) is 5. The summed E-state index contributed by atoms with van der Waals surface area (Å²) in [7, 11) is 1.45. The zero-order valence-electron chi connectivity index (χ0n) is 19.5. The van der Waals surface area contributed by atoms with E-state index >= 15 is 0 Å². The van der Waals surface area contributed by atoms with E-state index in [1.807, 2.05) is 0 Å². The second-order valence-corrected chi connectivity index (χ2v) is 8.05. The first-order chi connectivity index (χ1) is 17.4. The SMILES string of the molecule is COc1ccc(-c2cc(C(F)(F)F)n3ncc(C(=O)NCCCn4nc(C(F)(F)F)cc4C)c3n2)cc1. The van der Waals surface area contributed by atoms with Crippen LogP contribution in [0.2, 0.25) is 0 Å². The molecule has 0 saturated carbocycles. The van der Waals surface area contributed by atoms with Gasteiger partial charge in [0, 0.05) is 24.3 Å². The molecule has 4 rings (SSSR count). The van der Waals surface area contributed by atoms with Crippen molar-refractivity contribution in [2.24, 2.45) is 0 Å². The third-order valence-corrected chi connectivity index (χ3v) is 5.50. The number of hydrogen-bond donors (Lipinski definition) is 1. The minimum absolute atomic E-state index is 0.0216. The van der Waals surface area contributed by atoms with E-state index < -0.39 is 29.6 Å². The molecule has 8 nitrogen and oxygen atoms in total. The quantitative estimate of drug-likeness (QED) is 0.277. The molecule has 0 aliphatic rings. The molecule has 0 bridgehead atoms. The minimum Gasteiger partial charge on any atom is -0.497 e. The number of nitrogens with one attached hydrogen (secondary N) is 1. The number of ether oxygens (including phenoxy) is 1. The van der Waals surface area contributed by atoms with E-state index in [2.05, 4.69) is 20.5 Å². The summed E-state index contributed by atoms with van der Waals surface area (Å²) in [4.78, 5) is 17.0. The average Bonchev–Trinajstić information content (AvgIpc) is 3.44. The predicted octanol–water partition coefficient (Wildman–Crippen LogP) is 4.77. The van der Waals surface area contributed by atoms with Crippen LogP contribution in [0.5, 0.6) is 5.75 Å². The largest absolute Gasteiger partial charge is 0.497 e. The summed E-state index contributed by atoms with van der Waals surface area (Å²) in [5.41, 5.74) is -1.96. The summed E-state index contributed by atoms with van der Waals surface area (Å²) >= 11 is 0. The maximum Gasteiger partial charge on any atom is 0.435 e. The van der Waals surface area contributed by atoms with Gasteiger partial charge in [-0.05, 0) is 49.7 Å². The molecule has 0 atom stereocenters. The van der Waals surface area contributed by atoms with Gasteiger partial charge in [-0.2, -0.15) is 36.5 Å². The lowest BCUT2D eigenvalue weighted by molar-refractivity contribution is -0.143. The predicted molar refractivity (Wildman–Crippen MR) is 119 cm³/mol. The molecule has 3 heterocycles. The Bertz CT molecular complexity index is 1420. The van der Waals surface area contributed by atoms with Crippen molar-refractivity contribution < 1.29 is 35.9 Å². The van der Waals surface area contributed by atoms with E-state index in [0.29, 0.717) is 21.5 Å². The smallest absolute Gasteiger partial charge is 0.435 e. The molecule has 3 aromatic heterocycles. The van der Waals surface area contributed by atoms with Gasteiger partial charge in [0.25, 0.3) is 5.91 Å². The Labute approximate surface area is 205 Å². The lowest BCUT2D eigenvalue weighted by atomic mass is 10.1. The van der Waals surface area contributed by atoms with Gasteiger partial charge >= 0.3 is 12.4 Å². The highest BCUT2D eigenvalue weighted by molar-refractivity contribution is 5.99. The Morgan fingerprint density at radius 3 is 2.35 bits per heavy atom. The number of nitrogens with zero attached hydrogens (tertiary/aromatic N) is 5. The van der Waals surface area contributed by atoms with Gasteiger partial charge in [-0.1, -0.05) is 0 Å². The van der Waals surface area contributed by atoms with Crippen LogP contribution in [0.25, 0.3) is 16.9 Å². The Morgan fingerprint density at radius 2 is 1.76 bits per heavy atom. The number of benzene rings is 1. The third-order valence-electron chi connectivity index (χ3n) is 5.50. The first kappa shape index (κ1) is 26.0.